The Kier molecular flexibility index (Phi) is 6.20. The maximum atomic E-state index is 13.2. The number of halogens is 3. The highest BCUT2D eigenvalue weighted by Crippen LogP contribution is 2.30. The van der Waals surface area contributed by atoms with E-state index in [1.165, 1.54) is 17.0 Å². The van der Waals surface area contributed by atoms with E-state index in [-0.39, 0.29) is 11.9 Å². The first kappa shape index (κ1) is 16.1. The second kappa shape index (κ2) is 7.69. The van der Waals surface area contributed by atoms with Crippen molar-refractivity contribution in [1.82, 2.24) is 5.32 Å². The Morgan fingerprint density at radius 1 is 1.30 bits per heavy atom. The molecular formula is C15H16Br2FNS. The fourth-order valence-corrected chi connectivity index (χ4v) is 4.18. The van der Waals surface area contributed by atoms with Crippen LogP contribution in [0, 0.1) is 5.82 Å². The van der Waals surface area contributed by atoms with Crippen LogP contribution in [0.5, 0.6) is 0 Å². The average molecular weight is 421 g/mol. The lowest BCUT2D eigenvalue weighted by molar-refractivity contribution is 0.528. The minimum atomic E-state index is -0.214. The molecule has 1 N–H and O–H groups in total. The summed E-state index contributed by atoms with van der Waals surface area (Å²) in [5.41, 5.74) is 1.10. The minimum absolute atomic E-state index is 0.190. The first-order valence-electron chi connectivity index (χ1n) is 6.51. The Morgan fingerprint density at radius 3 is 2.70 bits per heavy atom. The second-order valence-corrected chi connectivity index (χ2v) is 7.37. The predicted molar refractivity (Wildman–Crippen MR) is 90.9 cm³/mol. The van der Waals surface area contributed by atoms with Gasteiger partial charge in [0.05, 0.1) is 0 Å². The molecule has 2 rings (SSSR count). The standard InChI is InChI=1S/C15H16Br2FNS/c1-2-5-19-15(8-12-6-10(16)9-20-12)13-4-3-11(18)7-14(13)17/h3-4,6-7,9,15,19H,2,5,8H2,1H3. The van der Waals surface area contributed by atoms with Crippen molar-refractivity contribution in [1.29, 1.82) is 0 Å². The number of thiophene rings is 1. The van der Waals surface area contributed by atoms with E-state index >= 15 is 0 Å². The summed E-state index contributed by atoms with van der Waals surface area (Å²) in [4.78, 5) is 1.31. The van der Waals surface area contributed by atoms with Gasteiger partial charge in [-0.25, -0.2) is 4.39 Å². The molecule has 20 heavy (non-hydrogen) atoms. The Hall–Kier alpha value is -0.230. The molecule has 1 aromatic heterocycles. The molecule has 1 heterocycles. The molecule has 0 fully saturated rings. The van der Waals surface area contributed by atoms with Gasteiger partial charge in [-0.2, -0.15) is 0 Å². The third-order valence-corrected chi connectivity index (χ3v) is 5.41. The summed E-state index contributed by atoms with van der Waals surface area (Å²) in [7, 11) is 0. The van der Waals surface area contributed by atoms with Gasteiger partial charge in [0.25, 0.3) is 0 Å². The first-order chi connectivity index (χ1) is 9.60. The van der Waals surface area contributed by atoms with Crippen LogP contribution in [0.4, 0.5) is 4.39 Å². The Bertz CT molecular complexity index is 571. The molecular weight excluding hydrogens is 405 g/mol. The van der Waals surface area contributed by atoms with Crippen LogP contribution in [0.3, 0.4) is 0 Å². The van der Waals surface area contributed by atoms with E-state index in [4.69, 9.17) is 0 Å². The van der Waals surface area contributed by atoms with E-state index in [0.29, 0.717) is 0 Å². The minimum Gasteiger partial charge on any atom is -0.310 e. The van der Waals surface area contributed by atoms with Gasteiger partial charge in [-0.3, -0.25) is 0 Å². The van der Waals surface area contributed by atoms with Gasteiger partial charge in [-0.1, -0.05) is 28.9 Å². The fraction of sp³-hybridized carbons (Fsp3) is 0.333. The van der Waals surface area contributed by atoms with Crippen LogP contribution >= 0.6 is 43.2 Å². The molecule has 108 valence electrons. The molecule has 0 radical (unpaired) electrons. The molecule has 0 aliphatic carbocycles. The molecule has 0 aliphatic rings. The van der Waals surface area contributed by atoms with Gasteiger partial charge in [0, 0.05) is 31.7 Å². The van der Waals surface area contributed by atoms with Crippen molar-refractivity contribution in [3.8, 4) is 0 Å². The monoisotopic (exact) mass is 419 g/mol. The molecule has 2 aromatic rings. The quantitative estimate of drug-likeness (QED) is 0.632. The van der Waals surface area contributed by atoms with Gasteiger partial charge in [0.1, 0.15) is 5.82 Å². The largest absolute Gasteiger partial charge is 0.310 e. The van der Waals surface area contributed by atoms with Gasteiger partial charge >= 0.3 is 0 Å². The van der Waals surface area contributed by atoms with Crippen LogP contribution in [-0.2, 0) is 6.42 Å². The molecule has 1 atom stereocenters. The lowest BCUT2D eigenvalue weighted by Crippen LogP contribution is -2.24. The van der Waals surface area contributed by atoms with E-state index in [0.717, 1.165) is 33.9 Å². The molecule has 5 heteroatoms. The number of hydrogen-bond acceptors (Lipinski definition) is 2. The van der Waals surface area contributed by atoms with Crippen molar-refractivity contribution in [2.75, 3.05) is 6.54 Å². The van der Waals surface area contributed by atoms with E-state index in [2.05, 4.69) is 55.5 Å². The highest BCUT2D eigenvalue weighted by molar-refractivity contribution is 9.10. The topological polar surface area (TPSA) is 12.0 Å². The van der Waals surface area contributed by atoms with Crippen molar-refractivity contribution in [3.63, 3.8) is 0 Å². The fourth-order valence-electron chi connectivity index (χ4n) is 2.06. The van der Waals surface area contributed by atoms with E-state index in [1.807, 2.05) is 6.07 Å². The summed E-state index contributed by atoms with van der Waals surface area (Å²) >= 11 is 8.70. The van der Waals surface area contributed by atoms with Gasteiger partial charge in [0.2, 0.25) is 0 Å². The maximum Gasteiger partial charge on any atom is 0.124 e. The zero-order valence-corrected chi connectivity index (χ0v) is 15.1. The summed E-state index contributed by atoms with van der Waals surface area (Å²) in [5, 5.41) is 5.63. The molecule has 0 saturated carbocycles. The lowest BCUT2D eigenvalue weighted by atomic mass is 10.0. The Labute approximate surface area is 139 Å². The molecule has 1 unspecified atom stereocenters. The van der Waals surface area contributed by atoms with E-state index < -0.39 is 0 Å². The summed E-state index contributed by atoms with van der Waals surface area (Å²) in [6.07, 6.45) is 1.98. The van der Waals surface area contributed by atoms with Crippen molar-refractivity contribution < 1.29 is 4.39 Å². The van der Waals surface area contributed by atoms with Crippen LogP contribution < -0.4 is 5.32 Å². The van der Waals surface area contributed by atoms with Crippen molar-refractivity contribution in [3.05, 3.63) is 54.8 Å². The van der Waals surface area contributed by atoms with Gasteiger partial charge < -0.3 is 5.32 Å². The number of nitrogens with one attached hydrogen (secondary N) is 1. The van der Waals surface area contributed by atoms with Crippen LogP contribution in [0.25, 0.3) is 0 Å². The Morgan fingerprint density at radius 2 is 2.10 bits per heavy atom. The molecule has 0 amide bonds. The molecule has 0 spiro atoms. The number of benzene rings is 1. The maximum absolute atomic E-state index is 13.2. The molecule has 0 saturated heterocycles. The molecule has 0 bridgehead atoms. The van der Waals surface area contributed by atoms with Crippen molar-refractivity contribution in [2.45, 2.75) is 25.8 Å². The van der Waals surface area contributed by atoms with Crippen LogP contribution in [0.2, 0.25) is 0 Å². The SMILES string of the molecule is CCCNC(Cc1cc(Br)cs1)c1ccc(F)cc1Br. The molecule has 1 aromatic carbocycles. The third kappa shape index (κ3) is 4.38. The predicted octanol–water partition coefficient (Wildman–Crippen LogP) is 5.70. The van der Waals surface area contributed by atoms with E-state index in [9.17, 15) is 4.39 Å². The number of hydrogen-bond donors (Lipinski definition) is 1. The van der Waals surface area contributed by atoms with Gasteiger partial charge in [-0.15, -0.1) is 11.3 Å². The molecule has 0 aliphatic heterocycles. The smallest absolute Gasteiger partial charge is 0.124 e. The van der Waals surface area contributed by atoms with Crippen molar-refractivity contribution in [2.24, 2.45) is 0 Å². The summed E-state index contributed by atoms with van der Waals surface area (Å²) < 4.78 is 15.2. The Balaban J connectivity index is 2.22. The van der Waals surface area contributed by atoms with Crippen LogP contribution in [0.15, 0.2) is 38.6 Å². The summed E-state index contributed by atoms with van der Waals surface area (Å²) in [6.45, 7) is 3.09. The third-order valence-electron chi connectivity index (χ3n) is 3.01. The first-order valence-corrected chi connectivity index (χ1v) is 8.98. The van der Waals surface area contributed by atoms with Crippen LogP contribution in [-0.4, -0.2) is 6.54 Å². The van der Waals surface area contributed by atoms with Crippen molar-refractivity contribution >= 4 is 43.2 Å². The lowest BCUT2D eigenvalue weighted by Gasteiger charge is -2.20. The number of rotatable bonds is 6. The second-order valence-electron chi connectivity index (χ2n) is 4.61. The zero-order chi connectivity index (χ0) is 14.5. The van der Waals surface area contributed by atoms with E-state index in [1.54, 1.807) is 11.3 Å². The normalized spacial score (nSPS) is 12.6. The summed E-state index contributed by atoms with van der Waals surface area (Å²) in [6, 6.07) is 7.24. The molecule has 1 nitrogen and oxygen atoms in total. The zero-order valence-electron chi connectivity index (χ0n) is 11.1. The van der Waals surface area contributed by atoms with Gasteiger partial charge in [0.15, 0.2) is 0 Å². The average Bonchev–Trinajstić information content (AvgIpc) is 2.80. The summed E-state index contributed by atoms with van der Waals surface area (Å²) in [5.74, 6) is -0.214. The van der Waals surface area contributed by atoms with Crippen LogP contribution in [0.1, 0.15) is 29.8 Å². The van der Waals surface area contributed by atoms with Gasteiger partial charge in [-0.05, 0) is 52.7 Å². The highest BCUT2D eigenvalue weighted by atomic mass is 79.9. The highest BCUT2D eigenvalue weighted by Gasteiger charge is 2.16.